The first-order chi connectivity index (χ1) is 9.20. The third kappa shape index (κ3) is 2.73. The van der Waals surface area contributed by atoms with Gasteiger partial charge in [-0.3, -0.25) is 4.40 Å². The molecule has 0 saturated heterocycles. The number of benzene rings is 1. The lowest BCUT2D eigenvalue weighted by molar-refractivity contribution is 0.300. The molecular weight excluding hydrogens is 313 g/mol. The highest BCUT2D eigenvalue weighted by atomic mass is 79.9. The maximum absolute atomic E-state index is 13.0. The van der Waals surface area contributed by atoms with Crippen molar-refractivity contribution >= 4 is 21.7 Å². The minimum atomic E-state index is -0.321. The van der Waals surface area contributed by atoms with Crippen LogP contribution in [0.4, 0.5) is 4.39 Å². The molecule has 3 aromatic rings. The first-order valence-electron chi connectivity index (χ1n) is 5.58. The van der Waals surface area contributed by atoms with Crippen LogP contribution in [0, 0.1) is 5.82 Å². The normalized spacial score (nSPS) is 10.8. The fraction of sp³-hybridized carbons (Fsp3) is 0.0769. The average molecular weight is 322 g/mol. The Balaban J connectivity index is 1.78. The summed E-state index contributed by atoms with van der Waals surface area (Å²) >= 11 is 3.34. The monoisotopic (exact) mass is 321 g/mol. The van der Waals surface area contributed by atoms with Crippen molar-refractivity contribution < 1.29 is 9.13 Å². The number of fused-ring (bicyclic) bond motifs is 1. The van der Waals surface area contributed by atoms with Gasteiger partial charge >= 0.3 is 0 Å². The van der Waals surface area contributed by atoms with Crippen molar-refractivity contribution in [2.24, 2.45) is 0 Å². The first kappa shape index (κ1) is 12.1. The van der Waals surface area contributed by atoms with Gasteiger partial charge in [0.1, 0.15) is 18.2 Å². The predicted octanol–water partition coefficient (Wildman–Crippen LogP) is 3.21. The molecule has 0 aliphatic heterocycles. The van der Waals surface area contributed by atoms with E-state index >= 15 is 0 Å². The molecule has 0 aliphatic carbocycles. The van der Waals surface area contributed by atoms with E-state index in [1.54, 1.807) is 22.7 Å². The molecule has 0 amide bonds. The van der Waals surface area contributed by atoms with E-state index in [2.05, 4.69) is 25.9 Å². The molecule has 4 nitrogen and oxygen atoms in total. The summed E-state index contributed by atoms with van der Waals surface area (Å²) in [6.07, 6.45) is 5.37. The van der Waals surface area contributed by atoms with E-state index in [9.17, 15) is 4.39 Å². The Kier molecular flexibility index (Phi) is 3.16. The number of aromatic nitrogens is 3. The lowest BCUT2D eigenvalue weighted by Crippen LogP contribution is -1.95. The van der Waals surface area contributed by atoms with Crippen LogP contribution in [0.5, 0.6) is 5.75 Å². The van der Waals surface area contributed by atoms with Crippen LogP contribution in [0.25, 0.3) is 5.78 Å². The Morgan fingerprint density at radius 1 is 1.32 bits per heavy atom. The molecule has 0 fully saturated rings. The van der Waals surface area contributed by atoms with Crippen LogP contribution in [-0.2, 0) is 6.61 Å². The number of hydrogen-bond donors (Lipinski definition) is 0. The molecule has 0 spiro atoms. The zero-order valence-electron chi connectivity index (χ0n) is 9.75. The lowest BCUT2D eigenvalue weighted by Gasteiger charge is -2.03. The molecule has 0 bridgehead atoms. The third-order valence-electron chi connectivity index (χ3n) is 2.51. The molecule has 0 N–H and O–H groups in total. The lowest BCUT2D eigenvalue weighted by atomic mass is 10.3. The Labute approximate surface area is 117 Å². The fourth-order valence-electron chi connectivity index (χ4n) is 1.69. The Hall–Kier alpha value is -1.95. The third-order valence-corrected chi connectivity index (χ3v) is 2.92. The van der Waals surface area contributed by atoms with Crippen LogP contribution in [0.2, 0.25) is 0 Å². The molecule has 96 valence electrons. The van der Waals surface area contributed by atoms with Gasteiger partial charge < -0.3 is 4.74 Å². The van der Waals surface area contributed by atoms with E-state index in [-0.39, 0.29) is 12.4 Å². The van der Waals surface area contributed by atoms with Gasteiger partial charge in [0.05, 0.1) is 10.2 Å². The summed E-state index contributed by atoms with van der Waals surface area (Å²) < 4.78 is 21.1. The summed E-state index contributed by atoms with van der Waals surface area (Å²) in [5.41, 5.74) is 0.731. The molecule has 3 rings (SSSR count). The minimum absolute atomic E-state index is 0.268. The van der Waals surface area contributed by atoms with Gasteiger partial charge in [-0.1, -0.05) is 6.07 Å². The summed E-state index contributed by atoms with van der Waals surface area (Å²) in [7, 11) is 0. The van der Waals surface area contributed by atoms with Gasteiger partial charge in [0, 0.05) is 24.7 Å². The summed E-state index contributed by atoms with van der Waals surface area (Å²) in [5, 5.41) is 0. The summed E-state index contributed by atoms with van der Waals surface area (Å²) in [6, 6.07) is 6.02. The molecule has 1 aromatic carbocycles. The maximum atomic E-state index is 13.0. The van der Waals surface area contributed by atoms with Gasteiger partial charge in [0.2, 0.25) is 5.78 Å². The van der Waals surface area contributed by atoms with E-state index in [0.717, 1.165) is 10.2 Å². The molecule has 0 radical (unpaired) electrons. The summed E-state index contributed by atoms with van der Waals surface area (Å²) in [4.78, 5) is 8.46. The van der Waals surface area contributed by atoms with Gasteiger partial charge in [-0.2, -0.15) is 0 Å². The molecular formula is C13H9BrFN3O. The van der Waals surface area contributed by atoms with Crippen LogP contribution in [0.15, 0.2) is 47.3 Å². The molecule has 0 saturated carbocycles. The molecule has 0 unspecified atom stereocenters. The van der Waals surface area contributed by atoms with Crippen LogP contribution >= 0.6 is 15.9 Å². The minimum Gasteiger partial charge on any atom is -0.487 e. The number of halogens is 2. The smallest absolute Gasteiger partial charge is 0.234 e. The van der Waals surface area contributed by atoms with Crippen LogP contribution in [0.1, 0.15) is 5.69 Å². The zero-order chi connectivity index (χ0) is 13.2. The van der Waals surface area contributed by atoms with E-state index < -0.39 is 0 Å². The zero-order valence-corrected chi connectivity index (χ0v) is 11.3. The largest absolute Gasteiger partial charge is 0.487 e. The second-order valence-corrected chi connectivity index (χ2v) is 4.87. The standard InChI is InChI=1S/C13H9BrFN3O/c14-9-5-16-13-17-11(7-18(13)6-9)8-19-12-3-1-2-10(15)4-12/h1-7H,8H2. The SMILES string of the molecule is Fc1cccc(OCc2cn3cc(Br)cnc3n2)c1. The second kappa shape index (κ2) is 4.97. The molecule has 6 heteroatoms. The predicted molar refractivity (Wildman–Crippen MR) is 71.4 cm³/mol. The Morgan fingerprint density at radius 2 is 2.21 bits per heavy atom. The van der Waals surface area contributed by atoms with Crippen molar-refractivity contribution in [1.29, 1.82) is 0 Å². The topological polar surface area (TPSA) is 39.4 Å². The highest BCUT2D eigenvalue weighted by Crippen LogP contribution is 2.15. The Morgan fingerprint density at radius 3 is 3.05 bits per heavy atom. The van der Waals surface area contributed by atoms with E-state index in [4.69, 9.17) is 4.74 Å². The summed E-state index contributed by atoms with van der Waals surface area (Å²) in [6.45, 7) is 0.268. The highest BCUT2D eigenvalue weighted by Gasteiger charge is 2.04. The summed E-state index contributed by atoms with van der Waals surface area (Å²) in [5.74, 6) is 0.755. The van der Waals surface area contributed by atoms with E-state index in [1.807, 2.05) is 12.4 Å². The van der Waals surface area contributed by atoms with Crippen molar-refractivity contribution in [3.63, 3.8) is 0 Å². The van der Waals surface area contributed by atoms with Gasteiger partial charge in [0.25, 0.3) is 0 Å². The van der Waals surface area contributed by atoms with Crippen molar-refractivity contribution in [3.05, 3.63) is 58.8 Å². The highest BCUT2D eigenvalue weighted by molar-refractivity contribution is 9.10. The van der Waals surface area contributed by atoms with Crippen molar-refractivity contribution in [2.75, 3.05) is 0 Å². The molecule has 19 heavy (non-hydrogen) atoms. The van der Waals surface area contributed by atoms with Gasteiger partial charge in [-0.05, 0) is 28.1 Å². The number of imidazole rings is 1. The maximum Gasteiger partial charge on any atom is 0.234 e. The molecule has 2 aromatic heterocycles. The van der Waals surface area contributed by atoms with Gasteiger partial charge in [0.15, 0.2) is 0 Å². The number of ether oxygens (including phenoxy) is 1. The second-order valence-electron chi connectivity index (χ2n) is 3.96. The van der Waals surface area contributed by atoms with Crippen molar-refractivity contribution in [3.8, 4) is 5.75 Å². The van der Waals surface area contributed by atoms with Crippen molar-refractivity contribution in [2.45, 2.75) is 6.61 Å². The number of rotatable bonds is 3. The van der Waals surface area contributed by atoms with Crippen LogP contribution < -0.4 is 4.74 Å². The van der Waals surface area contributed by atoms with Crippen molar-refractivity contribution in [1.82, 2.24) is 14.4 Å². The van der Waals surface area contributed by atoms with Crippen LogP contribution in [-0.4, -0.2) is 14.4 Å². The quantitative estimate of drug-likeness (QED) is 0.743. The van der Waals surface area contributed by atoms with Crippen LogP contribution in [0.3, 0.4) is 0 Å². The fourth-order valence-corrected chi connectivity index (χ4v) is 2.02. The molecule has 0 aliphatic rings. The number of nitrogens with zero attached hydrogens (tertiary/aromatic N) is 3. The molecule has 0 atom stereocenters. The first-order valence-corrected chi connectivity index (χ1v) is 6.37. The van der Waals surface area contributed by atoms with Gasteiger partial charge in [-0.25, -0.2) is 14.4 Å². The molecule has 2 heterocycles. The van der Waals surface area contributed by atoms with E-state index in [0.29, 0.717) is 11.5 Å². The Bertz CT molecular complexity index is 729. The van der Waals surface area contributed by atoms with Gasteiger partial charge in [-0.15, -0.1) is 0 Å². The van der Waals surface area contributed by atoms with E-state index in [1.165, 1.54) is 12.1 Å². The number of hydrogen-bond acceptors (Lipinski definition) is 3. The average Bonchev–Trinajstić information content (AvgIpc) is 2.78.